The Morgan fingerprint density at radius 3 is 2.25 bits per heavy atom. The fourth-order valence-electron chi connectivity index (χ4n) is 2.01. The summed E-state index contributed by atoms with van der Waals surface area (Å²) in [6.45, 7) is 8.50. The van der Waals surface area contributed by atoms with Gasteiger partial charge in [0.1, 0.15) is 17.2 Å². The highest BCUT2D eigenvalue weighted by Crippen LogP contribution is 2.37. The van der Waals surface area contributed by atoms with E-state index in [0.29, 0.717) is 10.8 Å². The molecule has 3 heteroatoms. The summed E-state index contributed by atoms with van der Waals surface area (Å²) < 4.78 is 5.93. The molecule has 0 fully saturated rings. The van der Waals surface area contributed by atoms with Crippen molar-refractivity contribution in [1.82, 2.24) is 0 Å². The molecule has 2 rings (SSSR count). The summed E-state index contributed by atoms with van der Waals surface area (Å²) in [6, 6.07) is 10.8. The van der Waals surface area contributed by atoms with Crippen LogP contribution in [0, 0.1) is 6.92 Å². The highest BCUT2D eigenvalue weighted by molar-refractivity contribution is 6.32. The largest absolute Gasteiger partial charge is 0.508 e. The third kappa shape index (κ3) is 3.26. The maximum Gasteiger partial charge on any atom is 0.146 e. The molecule has 0 bridgehead atoms. The molecule has 0 atom stereocenters. The van der Waals surface area contributed by atoms with Crippen LogP contribution in [0.1, 0.15) is 31.9 Å². The summed E-state index contributed by atoms with van der Waals surface area (Å²) in [5.74, 6) is 1.46. The minimum atomic E-state index is -0.0231. The lowest BCUT2D eigenvalue weighted by Gasteiger charge is -2.23. The first kappa shape index (κ1) is 14.7. The number of phenolic OH excluding ortho intramolecular Hbond substituents is 1. The number of rotatable bonds is 2. The predicted octanol–water partition coefficient (Wildman–Crippen LogP) is 5.44. The van der Waals surface area contributed by atoms with E-state index in [1.54, 1.807) is 12.1 Å². The van der Waals surface area contributed by atoms with Crippen molar-refractivity contribution < 1.29 is 9.84 Å². The topological polar surface area (TPSA) is 29.5 Å². The van der Waals surface area contributed by atoms with E-state index >= 15 is 0 Å². The van der Waals surface area contributed by atoms with Crippen LogP contribution in [-0.2, 0) is 5.41 Å². The van der Waals surface area contributed by atoms with Gasteiger partial charge in [-0.2, -0.15) is 0 Å². The molecule has 0 aliphatic carbocycles. The van der Waals surface area contributed by atoms with E-state index in [-0.39, 0.29) is 11.2 Å². The van der Waals surface area contributed by atoms with Crippen molar-refractivity contribution in [3.05, 3.63) is 52.5 Å². The molecule has 0 unspecified atom stereocenters. The van der Waals surface area contributed by atoms with Crippen LogP contribution in [-0.4, -0.2) is 5.11 Å². The van der Waals surface area contributed by atoms with Gasteiger partial charge < -0.3 is 9.84 Å². The summed E-state index contributed by atoms with van der Waals surface area (Å²) >= 11 is 6.09. The predicted molar refractivity (Wildman–Crippen MR) is 83.1 cm³/mol. The Bertz CT molecular complexity index is 627. The quantitative estimate of drug-likeness (QED) is 0.797. The average molecular weight is 291 g/mol. The third-order valence-electron chi connectivity index (χ3n) is 3.08. The van der Waals surface area contributed by atoms with Crippen molar-refractivity contribution >= 4 is 11.6 Å². The second-order valence-electron chi connectivity index (χ2n) is 5.97. The van der Waals surface area contributed by atoms with E-state index in [1.807, 2.05) is 12.1 Å². The van der Waals surface area contributed by atoms with Crippen molar-refractivity contribution in [2.75, 3.05) is 0 Å². The highest BCUT2D eigenvalue weighted by Gasteiger charge is 2.20. The number of halogens is 1. The summed E-state index contributed by atoms with van der Waals surface area (Å²) in [4.78, 5) is 0. The second kappa shape index (κ2) is 5.37. The number of hydrogen-bond donors (Lipinski definition) is 1. The van der Waals surface area contributed by atoms with Crippen LogP contribution in [0.3, 0.4) is 0 Å². The van der Waals surface area contributed by atoms with Gasteiger partial charge in [0.25, 0.3) is 0 Å². The fraction of sp³-hybridized carbons (Fsp3) is 0.294. The Labute approximate surface area is 125 Å². The number of hydrogen-bond acceptors (Lipinski definition) is 2. The molecule has 0 saturated carbocycles. The van der Waals surface area contributed by atoms with Gasteiger partial charge in [-0.05, 0) is 30.5 Å². The van der Waals surface area contributed by atoms with Crippen LogP contribution in [0.25, 0.3) is 0 Å². The maximum absolute atomic E-state index is 9.38. The van der Waals surface area contributed by atoms with Crippen molar-refractivity contribution in [3.63, 3.8) is 0 Å². The molecule has 0 radical (unpaired) electrons. The van der Waals surface area contributed by atoms with Gasteiger partial charge in [0.05, 0.1) is 5.02 Å². The first-order chi connectivity index (χ1) is 9.27. The van der Waals surface area contributed by atoms with Crippen molar-refractivity contribution in [3.8, 4) is 17.2 Å². The lowest BCUT2D eigenvalue weighted by Crippen LogP contribution is -2.12. The fourth-order valence-corrected chi connectivity index (χ4v) is 2.22. The molecule has 0 saturated heterocycles. The van der Waals surface area contributed by atoms with E-state index in [1.165, 1.54) is 11.6 Å². The van der Waals surface area contributed by atoms with Crippen molar-refractivity contribution in [1.29, 1.82) is 0 Å². The SMILES string of the molecule is Cc1ccc(Oc2ccc(O)cc2Cl)c(C(C)(C)C)c1. The Balaban J connectivity index is 2.43. The summed E-state index contributed by atoms with van der Waals surface area (Å²) in [6.07, 6.45) is 0. The second-order valence-corrected chi connectivity index (χ2v) is 6.37. The first-order valence-electron chi connectivity index (χ1n) is 6.55. The van der Waals surface area contributed by atoms with Crippen LogP contribution in [0.15, 0.2) is 36.4 Å². The molecule has 106 valence electrons. The van der Waals surface area contributed by atoms with E-state index in [0.717, 1.165) is 11.3 Å². The highest BCUT2D eigenvalue weighted by atomic mass is 35.5. The minimum Gasteiger partial charge on any atom is -0.508 e. The van der Waals surface area contributed by atoms with Crippen molar-refractivity contribution in [2.24, 2.45) is 0 Å². The molecular weight excluding hydrogens is 272 g/mol. The molecule has 0 aliphatic heterocycles. The summed E-state index contributed by atoms with van der Waals surface area (Å²) in [7, 11) is 0. The lowest BCUT2D eigenvalue weighted by molar-refractivity contribution is 0.449. The average Bonchev–Trinajstić information content (AvgIpc) is 2.33. The normalized spacial score (nSPS) is 11.4. The molecule has 20 heavy (non-hydrogen) atoms. The van der Waals surface area contributed by atoms with Gasteiger partial charge in [-0.3, -0.25) is 0 Å². The maximum atomic E-state index is 9.38. The van der Waals surface area contributed by atoms with Gasteiger partial charge in [0.15, 0.2) is 0 Å². The van der Waals surface area contributed by atoms with Gasteiger partial charge in [-0.25, -0.2) is 0 Å². The standard InChI is InChI=1S/C17H19ClO2/c1-11-5-7-15(13(9-11)17(2,3)4)20-16-8-6-12(19)10-14(16)18/h5-10,19H,1-4H3. The Morgan fingerprint density at radius 1 is 1.00 bits per heavy atom. The van der Waals surface area contributed by atoms with E-state index in [2.05, 4.69) is 33.8 Å². The van der Waals surface area contributed by atoms with Crippen LogP contribution >= 0.6 is 11.6 Å². The smallest absolute Gasteiger partial charge is 0.146 e. The third-order valence-corrected chi connectivity index (χ3v) is 3.37. The molecule has 0 amide bonds. The minimum absolute atomic E-state index is 0.0231. The zero-order valence-electron chi connectivity index (χ0n) is 12.2. The Morgan fingerprint density at radius 2 is 1.65 bits per heavy atom. The van der Waals surface area contributed by atoms with Gasteiger partial charge in [0, 0.05) is 11.6 Å². The molecular formula is C17H19ClO2. The molecule has 2 aromatic rings. The van der Waals surface area contributed by atoms with Gasteiger partial charge >= 0.3 is 0 Å². The molecule has 1 N–H and O–H groups in total. The van der Waals surface area contributed by atoms with E-state index in [4.69, 9.17) is 16.3 Å². The summed E-state index contributed by atoms with van der Waals surface area (Å²) in [5, 5.41) is 9.78. The van der Waals surface area contributed by atoms with Gasteiger partial charge in [-0.15, -0.1) is 0 Å². The van der Waals surface area contributed by atoms with Crippen molar-refractivity contribution in [2.45, 2.75) is 33.1 Å². The molecule has 2 nitrogen and oxygen atoms in total. The number of ether oxygens (including phenoxy) is 1. The zero-order valence-corrected chi connectivity index (χ0v) is 13.0. The molecule has 2 aromatic carbocycles. The van der Waals surface area contributed by atoms with Gasteiger partial charge in [0.2, 0.25) is 0 Å². The van der Waals surface area contributed by atoms with E-state index in [9.17, 15) is 5.11 Å². The number of aryl methyl sites for hydroxylation is 1. The molecule has 0 aromatic heterocycles. The molecule has 0 heterocycles. The van der Waals surface area contributed by atoms with Crippen LogP contribution in [0.5, 0.6) is 17.2 Å². The van der Waals surface area contributed by atoms with Crippen LogP contribution in [0.4, 0.5) is 0 Å². The first-order valence-corrected chi connectivity index (χ1v) is 6.92. The number of phenols is 1. The summed E-state index contributed by atoms with van der Waals surface area (Å²) in [5.41, 5.74) is 2.30. The molecule has 0 spiro atoms. The van der Waals surface area contributed by atoms with Crippen LogP contribution in [0.2, 0.25) is 5.02 Å². The van der Waals surface area contributed by atoms with Crippen LogP contribution < -0.4 is 4.74 Å². The Kier molecular flexibility index (Phi) is 3.96. The number of benzene rings is 2. The Hall–Kier alpha value is -1.67. The van der Waals surface area contributed by atoms with Gasteiger partial charge in [-0.1, -0.05) is 50.1 Å². The molecule has 0 aliphatic rings. The van der Waals surface area contributed by atoms with E-state index < -0.39 is 0 Å². The number of aromatic hydroxyl groups is 1. The monoisotopic (exact) mass is 290 g/mol. The zero-order chi connectivity index (χ0) is 14.9. The lowest BCUT2D eigenvalue weighted by atomic mass is 9.85.